The van der Waals surface area contributed by atoms with E-state index in [4.69, 9.17) is 5.73 Å². The van der Waals surface area contributed by atoms with Crippen molar-refractivity contribution in [1.29, 1.82) is 0 Å². The molecule has 1 heterocycles. The first-order valence-corrected chi connectivity index (χ1v) is 4.43. The minimum atomic E-state index is -4.86. The zero-order valence-electron chi connectivity index (χ0n) is 7.25. The van der Waals surface area contributed by atoms with Gasteiger partial charge in [-0.25, -0.2) is 4.98 Å². The Kier molecular flexibility index (Phi) is 3.10. The van der Waals surface area contributed by atoms with Crippen molar-refractivity contribution in [3.8, 4) is 0 Å². The molecule has 0 unspecified atom stereocenters. The predicted octanol–water partition coefficient (Wildman–Crippen LogP) is 3.46. The number of hydrogen-bond donors (Lipinski definition) is 1. The van der Waals surface area contributed by atoms with Crippen LogP contribution in [0.2, 0.25) is 0 Å². The standard InChI is InChI=1S/C7H3BrF6N2/c8-2-1-3(6(9,10)11)16-5(15)4(2)7(12,13)14/h1H,(H2,15,16). The highest BCUT2D eigenvalue weighted by Crippen LogP contribution is 2.40. The largest absolute Gasteiger partial charge is 0.433 e. The molecule has 0 bridgehead atoms. The van der Waals surface area contributed by atoms with Crippen LogP contribution >= 0.6 is 15.9 Å². The highest BCUT2D eigenvalue weighted by Gasteiger charge is 2.40. The fourth-order valence-corrected chi connectivity index (χ4v) is 1.60. The van der Waals surface area contributed by atoms with Gasteiger partial charge in [-0.1, -0.05) is 0 Å². The fourth-order valence-electron chi connectivity index (χ4n) is 0.958. The van der Waals surface area contributed by atoms with E-state index in [0.29, 0.717) is 0 Å². The number of nitrogen functional groups attached to an aromatic ring is 1. The summed E-state index contributed by atoms with van der Waals surface area (Å²) in [6.45, 7) is 0. The number of nitrogens with two attached hydrogens (primary N) is 1. The summed E-state index contributed by atoms with van der Waals surface area (Å²) in [5.74, 6) is -1.21. The molecule has 1 aromatic rings. The number of anilines is 1. The Hall–Kier alpha value is -0.990. The molecule has 2 N–H and O–H groups in total. The highest BCUT2D eigenvalue weighted by atomic mass is 79.9. The monoisotopic (exact) mass is 308 g/mol. The first kappa shape index (κ1) is 13.1. The number of halogens is 7. The van der Waals surface area contributed by atoms with E-state index in [1.807, 2.05) is 0 Å². The van der Waals surface area contributed by atoms with E-state index in [1.54, 1.807) is 0 Å². The number of rotatable bonds is 0. The van der Waals surface area contributed by atoms with Gasteiger partial charge in [0.05, 0.1) is 0 Å². The highest BCUT2D eigenvalue weighted by molar-refractivity contribution is 9.10. The molecule has 0 aromatic carbocycles. The Balaban J connectivity index is 3.41. The molecule has 90 valence electrons. The number of aromatic nitrogens is 1. The topological polar surface area (TPSA) is 38.9 Å². The van der Waals surface area contributed by atoms with Gasteiger partial charge in [0.15, 0.2) is 0 Å². The van der Waals surface area contributed by atoms with E-state index in [1.165, 1.54) is 0 Å². The zero-order valence-corrected chi connectivity index (χ0v) is 8.83. The number of hydrogen-bond acceptors (Lipinski definition) is 2. The quantitative estimate of drug-likeness (QED) is 0.745. The summed E-state index contributed by atoms with van der Waals surface area (Å²) in [4.78, 5) is 2.67. The van der Waals surface area contributed by atoms with Gasteiger partial charge in [0, 0.05) is 4.47 Å². The van der Waals surface area contributed by atoms with Crippen molar-refractivity contribution in [3.63, 3.8) is 0 Å². The van der Waals surface area contributed by atoms with Gasteiger partial charge >= 0.3 is 12.4 Å². The van der Waals surface area contributed by atoms with Crippen molar-refractivity contribution in [2.24, 2.45) is 0 Å². The predicted molar refractivity (Wildman–Crippen MR) is 46.4 cm³/mol. The van der Waals surface area contributed by atoms with Crippen molar-refractivity contribution in [3.05, 3.63) is 21.8 Å². The van der Waals surface area contributed by atoms with Crippen LogP contribution in [0.5, 0.6) is 0 Å². The maximum atomic E-state index is 12.3. The Morgan fingerprint density at radius 3 is 1.88 bits per heavy atom. The number of alkyl halides is 6. The van der Waals surface area contributed by atoms with E-state index in [9.17, 15) is 26.3 Å². The Morgan fingerprint density at radius 2 is 1.56 bits per heavy atom. The molecular formula is C7H3BrF6N2. The molecule has 0 radical (unpaired) electrons. The van der Waals surface area contributed by atoms with Gasteiger partial charge < -0.3 is 5.73 Å². The second-order valence-corrected chi connectivity index (χ2v) is 3.60. The van der Waals surface area contributed by atoms with Crippen molar-refractivity contribution in [1.82, 2.24) is 4.98 Å². The summed E-state index contributed by atoms with van der Waals surface area (Å²) >= 11 is 2.39. The lowest BCUT2D eigenvalue weighted by Crippen LogP contribution is -2.16. The molecule has 1 rings (SSSR count). The van der Waals surface area contributed by atoms with Crippen LogP contribution in [0.1, 0.15) is 11.3 Å². The molecule has 2 nitrogen and oxygen atoms in total. The van der Waals surface area contributed by atoms with Crippen LogP contribution in [-0.4, -0.2) is 4.98 Å². The van der Waals surface area contributed by atoms with Crippen molar-refractivity contribution < 1.29 is 26.3 Å². The Labute approximate surface area is 93.6 Å². The SMILES string of the molecule is Nc1nc(C(F)(F)F)cc(Br)c1C(F)(F)F. The maximum Gasteiger partial charge on any atom is 0.433 e. The third-order valence-electron chi connectivity index (χ3n) is 1.57. The van der Waals surface area contributed by atoms with Gasteiger partial charge in [-0.2, -0.15) is 26.3 Å². The molecule has 0 saturated carbocycles. The summed E-state index contributed by atoms with van der Waals surface area (Å²) in [5.41, 5.74) is 1.95. The van der Waals surface area contributed by atoms with Gasteiger partial charge in [-0.3, -0.25) is 0 Å². The smallest absolute Gasteiger partial charge is 0.383 e. The third-order valence-corrected chi connectivity index (χ3v) is 2.20. The maximum absolute atomic E-state index is 12.3. The zero-order chi connectivity index (χ0) is 12.7. The van der Waals surface area contributed by atoms with Gasteiger partial charge in [0.25, 0.3) is 0 Å². The molecular weight excluding hydrogens is 306 g/mol. The summed E-state index contributed by atoms with van der Waals surface area (Å²) in [5, 5.41) is 0. The average molecular weight is 309 g/mol. The molecule has 0 aliphatic heterocycles. The average Bonchev–Trinajstić information content (AvgIpc) is 1.97. The third kappa shape index (κ3) is 2.57. The fraction of sp³-hybridized carbons (Fsp3) is 0.286. The molecule has 9 heteroatoms. The van der Waals surface area contributed by atoms with Crippen molar-refractivity contribution >= 4 is 21.7 Å². The molecule has 0 fully saturated rings. The normalized spacial score (nSPS) is 12.9. The summed E-state index contributed by atoms with van der Waals surface area (Å²) in [6.07, 6.45) is -9.71. The van der Waals surface area contributed by atoms with Crippen LogP contribution in [0.25, 0.3) is 0 Å². The van der Waals surface area contributed by atoms with Crippen LogP contribution in [0, 0.1) is 0 Å². The molecule has 0 amide bonds. The molecule has 0 saturated heterocycles. The second-order valence-electron chi connectivity index (χ2n) is 2.75. The van der Waals surface area contributed by atoms with Crippen LogP contribution in [-0.2, 0) is 12.4 Å². The lowest BCUT2D eigenvalue weighted by Gasteiger charge is -2.14. The van der Waals surface area contributed by atoms with Crippen LogP contribution in [0.3, 0.4) is 0 Å². The minimum absolute atomic E-state index is 0.235. The number of nitrogens with zero attached hydrogens (tertiary/aromatic N) is 1. The Bertz CT molecular complexity index is 387. The van der Waals surface area contributed by atoms with E-state index < -0.39 is 33.9 Å². The summed E-state index contributed by atoms with van der Waals surface area (Å²) < 4.78 is 72.6. The Morgan fingerprint density at radius 1 is 1.06 bits per heavy atom. The van der Waals surface area contributed by atoms with E-state index in [-0.39, 0.29) is 6.07 Å². The summed E-state index contributed by atoms with van der Waals surface area (Å²) in [7, 11) is 0. The van der Waals surface area contributed by atoms with Gasteiger partial charge in [0.2, 0.25) is 0 Å². The van der Waals surface area contributed by atoms with Gasteiger partial charge in [0.1, 0.15) is 17.1 Å². The summed E-state index contributed by atoms with van der Waals surface area (Å²) in [6, 6.07) is 0.235. The first-order chi connectivity index (χ1) is 7.03. The van der Waals surface area contributed by atoms with Crippen LogP contribution in [0.15, 0.2) is 10.5 Å². The second kappa shape index (κ2) is 3.79. The molecule has 16 heavy (non-hydrogen) atoms. The first-order valence-electron chi connectivity index (χ1n) is 3.64. The lowest BCUT2D eigenvalue weighted by atomic mass is 10.2. The van der Waals surface area contributed by atoms with E-state index in [0.717, 1.165) is 0 Å². The van der Waals surface area contributed by atoms with E-state index in [2.05, 4.69) is 20.9 Å². The molecule has 0 aliphatic rings. The molecule has 0 spiro atoms. The van der Waals surface area contributed by atoms with Crippen LogP contribution < -0.4 is 5.73 Å². The molecule has 1 aromatic heterocycles. The lowest BCUT2D eigenvalue weighted by molar-refractivity contribution is -0.144. The van der Waals surface area contributed by atoms with E-state index >= 15 is 0 Å². The molecule has 0 atom stereocenters. The van der Waals surface area contributed by atoms with Crippen molar-refractivity contribution in [2.75, 3.05) is 5.73 Å². The van der Waals surface area contributed by atoms with Gasteiger partial charge in [-0.05, 0) is 22.0 Å². The van der Waals surface area contributed by atoms with Crippen LogP contribution in [0.4, 0.5) is 32.2 Å². The minimum Gasteiger partial charge on any atom is -0.383 e. The van der Waals surface area contributed by atoms with Crippen molar-refractivity contribution in [2.45, 2.75) is 12.4 Å². The molecule has 0 aliphatic carbocycles. The van der Waals surface area contributed by atoms with Gasteiger partial charge in [-0.15, -0.1) is 0 Å². The number of pyridine rings is 1.